The van der Waals surface area contributed by atoms with Crippen LogP contribution in [0.4, 0.5) is 13.2 Å². The first-order chi connectivity index (χ1) is 11.1. The molecule has 1 unspecified atom stereocenters. The summed E-state index contributed by atoms with van der Waals surface area (Å²) in [5, 5.41) is 4.06. The Kier molecular flexibility index (Phi) is 7.06. The molecule has 2 amide bonds. The molecule has 0 aromatic heterocycles. The van der Waals surface area contributed by atoms with Gasteiger partial charge in [-0.3, -0.25) is 9.59 Å². The van der Waals surface area contributed by atoms with Crippen molar-refractivity contribution in [3.63, 3.8) is 0 Å². The van der Waals surface area contributed by atoms with E-state index < -0.39 is 24.1 Å². The maximum atomic E-state index is 12.0. The van der Waals surface area contributed by atoms with E-state index >= 15 is 0 Å². The van der Waals surface area contributed by atoms with Crippen LogP contribution < -0.4 is 15.4 Å². The van der Waals surface area contributed by atoms with Gasteiger partial charge in [-0.05, 0) is 30.5 Å². The van der Waals surface area contributed by atoms with E-state index in [-0.39, 0.29) is 13.1 Å². The first-order valence-corrected chi connectivity index (χ1v) is 7.50. The third-order valence-corrected chi connectivity index (χ3v) is 3.20. The van der Waals surface area contributed by atoms with Gasteiger partial charge in [0, 0.05) is 13.1 Å². The van der Waals surface area contributed by atoms with Crippen molar-refractivity contribution in [1.82, 2.24) is 10.6 Å². The highest BCUT2D eigenvalue weighted by Gasteiger charge is 2.38. The first kappa shape index (κ1) is 19.8. The second kappa shape index (κ2) is 8.56. The number of hydrogen-bond acceptors (Lipinski definition) is 3. The number of amides is 2. The smallest absolute Gasteiger partial charge is 0.471 e. The van der Waals surface area contributed by atoms with Gasteiger partial charge in [-0.2, -0.15) is 13.2 Å². The van der Waals surface area contributed by atoms with Crippen LogP contribution in [0, 0.1) is 0 Å². The van der Waals surface area contributed by atoms with Gasteiger partial charge in [0.2, 0.25) is 0 Å². The summed E-state index contributed by atoms with van der Waals surface area (Å²) in [6.45, 7) is 5.20. The molecule has 1 aromatic carbocycles. The number of ether oxygens (including phenoxy) is 1. The maximum absolute atomic E-state index is 12.0. The number of carbonyl (C=O) groups excluding carboxylic acids is 2. The molecule has 0 saturated carbocycles. The predicted molar refractivity (Wildman–Crippen MR) is 82.7 cm³/mol. The highest BCUT2D eigenvalue weighted by atomic mass is 19.4. The molecule has 8 heteroatoms. The Morgan fingerprint density at radius 3 is 2.08 bits per heavy atom. The Balaban J connectivity index is 2.36. The highest BCUT2D eigenvalue weighted by Crippen LogP contribution is 2.19. The molecule has 0 spiro atoms. The van der Waals surface area contributed by atoms with Gasteiger partial charge in [-0.25, -0.2) is 0 Å². The van der Waals surface area contributed by atoms with Crippen molar-refractivity contribution < 1.29 is 27.5 Å². The lowest BCUT2D eigenvalue weighted by molar-refractivity contribution is -0.173. The summed E-state index contributed by atoms with van der Waals surface area (Å²) in [5.41, 5.74) is 1.14. The van der Waals surface area contributed by atoms with Crippen LogP contribution >= 0.6 is 0 Å². The van der Waals surface area contributed by atoms with E-state index in [0.29, 0.717) is 11.7 Å². The average molecular weight is 346 g/mol. The Hall–Kier alpha value is -2.25. The highest BCUT2D eigenvalue weighted by molar-refractivity contribution is 5.82. The van der Waals surface area contributed by atoms with Crippen molar-refractivity contribution in [2.24, 2.45) is 0 Å². The molecule has 1 rings (SSSR count). The van der Waals surface area contributed by atoms with E-state index in [0.717, 1.165) is 5.56 Å². The van der Waals surface area contributed by atoms with Crippen molar-refractivity contribution in [2.75, 3.05) is 13.1 Å². The van der Waals surface area contributed by atoms with Crippen LogP contribution in [0.15, 0.2) is 24.3 Å². The maximum Gasteiger partial charge on any atom is 0.471 e. The minimum atomic E-state index is -4.93. The molecule has 0 aliphatic rings. The van der Waals surface area contributed by atoms with Crippen LogP contribution in [0.3, 0.4) is 0 Å². The number of halogens is 3. The summed E-state index contributed by atoms with van der Waals surface area (Å²) < 4.78 is 41.4. The fourth-order valence-electron chi connectivity index (χ4n) is 1.79. The Labute approximate surface area is 138 Å². The molecule has 0 fully saturated rings. The van der Waals surface area contributed by atoms with Crippen LogP contribution in [-0.2, 0) is 9.59 Å². The lowest BCUT2D eigenvalue weighted by atomic mass is 10.0. The van der Waals surface area contributed by atoms with Crippen LogP contribution in [-0.4, -0.2) is 37.2 Å². The van der Waals surface area contributed by atoms with E-state index in [4.69, 9.17) is 4.74 Å². The van der Waals surface area contributed by atoms with Crippen LogP contribution in [0.2, 0.25) is 0 Å². The van der Waals surface area contributed by atoms with Gasteiger partial charge < -0.3 is 15.4 Å². The van der Waals surface area contributed by atoms with Gasteiger partial charge in [-0.15, -0.1) is 0 Å². The van der Waals surface area contributed by atoms with Crippen molar-refractivity contribution in [2.45, 2.75) is 39.0 Å². The summed E-state index contributed by atoms with van der Waals surface area (Å²) in [7, 11) is 0. The third-order valence-electron chi connectivity index (χ3n) is 3.20. The summed E-state index contributed by atoms with van der Waals surface area (Å²) in [6, 6.07) is 7.31. The van der Waals surface area contributed by atoms with Crippen molar-refractivity contribution in [3.8, 4) is 5.75 Å². The normalized spacial score (nSPS) is 12.6. The van der Waals surface area contributed by atoms with Crippen LogP contribution in [0.1, 0.15) is 32.3 Å². The molecule has 1 aromatic rings. The molecule has 0 aliphatic carbocycles. The zero-order chi connectivity index (χ0) is 18.3. The first-order valence-electron chi connectivity index (χ1n) is 7.50. The third kappa shape index (κ3) is 6.47. The Morgan fingerprint density at radius 1 is 1.04 bits per heavy atom. The van der Waals surface area contributed by atoms with E-state index in [9.17, 15) is 22.8 Å². The molecule has 1 atom stereocenters. The monoisotopic (exact) mass is 346 g/mol. The molecule has 24 heavy (non-hydrogen) atoms. The number of rotatable bonds is 7. The molecule has 5 nitrogen and oxygen atoms in total. The fraction of sp³-hybridized carbons (Fsp3) is 0.500. The minimum absolute atomic E-state index is 0.124. The molecule has 0 saturated heterocycles. The Bertz CT molecular complexity index is 557. The lowest BCUT2D eigenvalue weighted by Gasteiger charge is -2.15. The van der Waals surface area contributed by atoms with E-state index in [1.807, 2.05) is 12.1 Å². The summed E-state index contributed by atoms with van der Waals surface area (Å²) >= 11 is 0. The largest absolute Gasteiger partial charge is 0.481 e. The van der Waals surface area contributed by atoms with Crippen molar-refractivity contribution >= 4 is 11.8 Å². The molecule has 2 N–H and O–H groups in total. The molecule has 0 bridgehead atoms. The molecular weight excluding hydrogens is 325 g/mol. The van der Waals surface area contributed by atoms with Gasteiger partial charge in [-0.1, -0.05) is 26.0 Å². The van der Waals surface area contributed by atoms with Gasteiger partial charge in [0.1, 0.15) is 5.75 Å². The molecule has 0 radical (unpaired) electrons. The number of alkyl halides is 3. The summed E-state index contributed by atoms with van der Waals surface area (Å²) in [6.07, 6.45) is -5.74. The SMILES string of the molecule is CC(Oc1ccc(C(C)C)cc1)C(=O)NCCNC(=O)C(F)(F)F. The van der Waals surface area contributed by atoms with Gasteiger partial charge in [0.25, 0.3) is 5.91 Å². The molecule has 134 valence electrons. The summed E-state index contributed by atoms with van der Waals surface area (Å²) in [4.78, 5) is 22.4. The summed E-state index contributed by atoms with van der Waals surface area (Å²) in [5.74, 6) is -1.62. The number of benzene rings is 1. The van der Waals surface area contributed by atoms with Crippen LogP contribution in [0.5, 0.6) is 5.75 Å². The number of hydrogen-bond donors (Lipinski definition) is 2. The number of nitrogens with one attached hydrogen (secondary N) is 2. The second-order valence-electron chi connectivity index (χ2n) is 5.53. The zero-order valence-electron chi connectivity index (χ0n) is 13.7. The van der Waals surface area contributed by atoms with Gasteiger partial charge in [0.05, 0.1) is 0 Å². The molecule has 0 heterocycles. The fourth-order valence-corrected chi connectivity index (χ4v) is 1.79. The molecule has 0 aliphatic heterocycles. The predicted octanol–water partition coefficient (Wildman–Crippen LogP) is 2.37. The Morgan fingerprint density at radius 2 is 1.58 bits per heavy atom. The lowest BCUT2D eigenvalue weighted by Crippen LogP contribution is -2.43. The van der Waals surface area contributed by atoms with E-state index in [1.165, 1.54) is 6.92 Å². The van der Waals surface area contributed by atoms with Crippen molar-refractivity contribution in [3.05, 3.63) is 29.8 Å². The second-order valence-corrected chi connectivity index (χ2v) is 5.53. The zero-order valence-corrected chi connectivity index (χ0v) is 13.7. The van der Waals surface area contributed by atoms with Crippen molar-refractivity contribution in [1.29, 1.82) is 0 Å². The standard InChI is InChI=1S/C16H21F3N2O3/c1-10(2)12-4-6-13(7-5-12)24-11(3)14(22)20-8-9-21-15(23)16(17,18)19/h4-7,10-11H,8-9H2,1-3H3,(H,20,22)(H,21,23). The number of carbonyl (C=O) groups is 2. The molecular formula is C16H21F3N2O3. The topological polar surface area (TPSA) is 67.4 Å². The van der Waals surface area contributed by atoms with Gasteiger partial charge in [0.15, 0.2) is 6.10 Å². The van der Waals surface area contributed by atoms with E-state index in [2.05, 4.69) is 19.2 Å². The van der Waals surface area contributed by atoms with E-state index in [1.54, 1.807) is 17.4 Å². The minimum Gasteiger partial charge on any atom is -0.481 e. The average Bonchev–Trinajstić information content (AvgIpc) is 2.50. The van der Waals surface area contributed by atoms with Crippen LogP contribution in [0.25, 0.3) is 0 Å². The quantitative estimate of drug-likeness (QED) is 0.745. The van der Waals surface area contributed by atoms with Gasteiger partial charge >= 0.3 is 12.1 Å².